The first kappa shape index (κ1) is 14.9. The summed E-state index contributed by atoms with van der Waals surface area (Å²) < 4.78 is 28.3. The highest BCUT2D eigenvalue weighted by molar-refractivity contribution is 7.91. The highest BCUT2D eigenvalue weighted by atomic mass is 35.5. The Hall–Kier alpha value is -1.11. The zero-order valence-corrected chi connectivity index (χ0v) is 11.5. The van der Waals surface area contributed by atoms with E-state index in [0.29, 0.717) is 5.56 Å². The molecule has 0 saturated carbocycles. The molecule has 0 aromatic heterocycles. The van der Waals surface area contributed by atoms with Gasteiger partial charge in [0.1, 0.15) is 0 Å². The zero-order valence-electron chi connectivity index (χ0n) is 9.94. The van der Waals surface area contributed by atoms with Crippen LogP contribution < -0.4 is 0 Å². The molecule has 1 rings (SSSR count). The van der Waals surface area contributed by atoms with Crippen LogP contribution in [0.2, 0.25) is 5.02 Å². The topological polar surface area (TPSA) is 80.7 Å². The third-order valence-corrected chi connectivity index (χ3v) is 4.62. The Kier molecular flexibility index (Phi) is 4.72. The molecule has 7 heteroatoms. The van der Waals surface area contributed by atoms with Crippen LogP contribution in [0.25, 0.3) is 0 Å². The third-order valence-electron chi connectivity index (χ3n) is 2.41. The van der Waals surface area contributed by atoms with Crippen LogP contribution in [0.5, 0.6) is 0 Å². The van der Waals surface area contributed by atoms with E-state index in [1.54, 1.807) is 0 Å². The van der Waals surface area contributed by atoms with E-state index in [4.69, 9.17) is 16.7 Å². The second-order valence-electron chi connectivity index (χ2n) is 3.62. The lowest BCUT2D eigenvalue weighted by Crippen LogP contribution is -2.13. The van der Waals surface area contributed by atoms with Crippen LogP contribution in [-0.2, 0) is 14.6 Å². The maximum atomic E-state index is 11.9. The lowest BCUT2D eigenvalue weighted by atomic mass is 10.1. The summed E-state index contributed by atoms with van der Waals surface area (Å²) in [5.41, 5.74) is 0.405. The molecule has 0 unspecified atom stereocenters. The molecule has 0 aliphatic rings. The van der Waals surface area contributed by atoms with Crippen LogP contribution in [0.15, 0.2) is 17.0 Å². The molecule has 0 spiro atoms. The second kappa shape index (κ2) is 5.69. The zero-order chi connectivity index (χ0) is 13.9. The first-order valence-electron chi connectivity index (χ1n) is 5.05. The molecule has 0 heterocycles. The first-order valence-corrected chi connectivity index (χ1v) is 7.08. The predicted octanol–water partition coefficient (Wildman–Crippen LogP) is 1.20. The molecule has 0 bridgehead atoms. The largest absolute Gasteiger partial charge is 0.465 e. The highest BCUT2D eigenvalue weighted by Crippen LogP contribution is 2.26. The molecule has 1 aromatic rings. The predicted molar refractivity (Wildman–Crippen MR) is 66.7 cm³/mol. The lowest BCUT2D eigenvalue weighted by Gasteiger charge is -2.10. The molecule has 100 valence electrons. The van der Waals surface area contributed by atoms with E-state index in [-0.39, 0.29) is 15.5 Å². The number of carbonyl (C=O) groups is 1. The molecule has 0 fully saturated rings. The fraction of sp³-hybridized carbons (Fsp3) is 0.364. The molecule has 0 aliphatic heterocycles. The van der Waals surface area contributed by atoms with Gasteiger partial charge in [-0.15, -0.1) is 0 Å². The number of esters is 1. The van der Waals surface area contributed by atoms with Crippen molar-refractivity contribution in [1.82, 2.24) is 0 Å². The summed E-state index contributed by atoms with van der Waals surface area (Å²) in [6.07, 6.45) is 0. The van der Waals surface area contributed by atoms with Crippen molar-refractivity contribution < 1.29 is 23.1 Å². The van der Waals surface area contributed by atoms with Gasteiger partial charge in [-0.2, -0.15) is 0 Å². The number of benzene rings is 1. The smallest absolute Gasteiger partial charge is 0.337 e. The molecule has 0 saturated heterocycles. The van der Waals surface area contributed by atoms with Gasteiger partial charge in [-0.3, -0.25) is 0 Å². The third kappa shape index (κ3) is 3.01. The van der Waals surface area contributed by atoms with Gasteiger partial charge in [0.25, 0.3) is 0 Å². The Morgan fingerprint density at radius 3 is 2.56 bits per heavy atom. The van der Waals surface area contributed by atoms with E-state index in [9.17, 15) is 13.2 Å². The van der Waals surface area contributed by atoms with Crippen molar-refractivity contribution in [3.05, 3.63) is 28.3 Å². The average molecular weight is 293 g/mol. The van der Waals surface area contributed by atoms with Gasteiger partial charge in [0.15, 0.2) is 9.84 Å². The van der Waals surface area contributed by atoms with Gasteiger partial charge in [0, 0.05) is 5.02 Å². The summed E-state index contributed by atoms with van der Waals surface area (Å²) in [5, 5.41) is 8.91. The minimum Gasteiger partial charge on any atom is -0.465 e. The number of hydrogen-bond donors (Lipinski definition) is 1. The van der Waals surface area contributed by atoms with E-state index in [1.807, 2.05) is 0 Å². The van der Waals surface area contributed by atoms with Crippen molar-refractivity contribution >= 4 is 27.4 Å². The lowest BCUT2D eigenvalue weighted by molar-refractivity contribution is 0.0600. The first-order chi connectivity index (χ1) is 8.33. The van der Waals surface area contributed by atoms with E-state index < -0.39 is 28.2 Å². The monoisotopic (exact) mass is 292 g/mol. The molecule has 1 aromatic carbocycles. The quantitative estimate of drug-likeness (QED) is 0.844. The molecule has 5 nitrogen and oxygen atoms in total. The fourth-order valence-corrected chi connectivity index (χ4v) is 3.06. The number of halogens is 1. The van der Waals surface area contributed by atoms with Gasteiger partial charge in [-0.05, 0) is 24.6 Å². The summed E-state index contributed by atoms with van der Waals surface area (Å²) in [4.78, 5) is 11.3. The molecular formula is C11H13ClO5S. The Labute approximate surface area is 110 Å². The molecule has 0 atom stereocenters. The van der Waals surface area contributed by atoms with Crippen molar-refractivity contribution in [3.63, 3.8) is 0 Å². The van der Waals surface area contributed by atoms with E-state index >= 15 is 0 Å². The summed E-state index contributed by atoms with van der Waals surface area (Å²) in [6.45, 7) is 1.04. The van der Waals surface area contributed by atoms with Crippen LogP contribution in [0.4, 0.5) is 0 Å². The number of sulfone groups is 1. The standard InChI is InChI=1S/C11H13ClO5S/c1-7-9(12)5-8(11(14)17-2)6-10(7)18(15,16)4-3-13/h5-6,13H,3-4H2,1-2H3. The average Bonchev–Trinajstić information content (AvgIpc) is 2.31. The van der Waals surface area contributed by atoms with Crippen LogP contribution in [0.3, 0.4) is 0 Å². The Bertz CT molecular complexity index is 565. The summed E-state index contributed by atoms with van der Waals surface area (Å²) in [5.74, 6) is -1.09. The van der Waals surface area contributed by atoms with Crippen LogP contribution >= 0.6 is 11.6 Å². The molecule has 0 aliphatic carbocycles. The number of rotatable bonds is 4. The van der Waals surface area contributed by atoms with E-state index in [2.05, 4.69) is 4.74 Å². The van der Waals surface area contributed by atoms with Crippen molar-refractivity contribution in [1.29, 1.82) is 0 Å². The molecule has 1 N–H and O–H groups in total. The number of carbonyl (C=O) groups excluding carboxylic acids is 1. The Morgan fingerprint density at radius 1 is 1.44 bits per heavy atom. The van der Waals surface area contributed by atoms with Crippen molar-refractivity contribution in [2.45, 2.75) is 11.8 Å². The summed E-state index contributed by atoms with van der Waals surface area (Å²) >= 11 is 5.89. The highest BCUT2D eigenvalue weighted by Gasteiger charge is 2.21. The second-order valence-corrected chi connectivity index (χ2v) is 6.10. The van der Waals surface area contributed by atoms with Crippen molar-refractivity contribution in [3.8, 4) is 0 Å². The van der Waals surface area contributed by atoms with Gasteiger partial charge in [-0.25, -0.2) is 13.2 Å². The van der Waals surface area contributed by atoms with Crippen molar-refractivity contribution in [2.24, 2.45) is 0 Å². The maximum absolute atomic E-state index is 11.9. The number of hydrogen-bond acceptors (Lipinski definition) is 5. The minimum absolute atomic E-state index is 0.0598. The summed E-state index contributed by atoms with van der Waals surface area (Å²) in [7, 11) is -2.48. The Balaban J connectivity index is 3.45. The van der Waals surface area contributed by atoms with Gasteiger partial charge in [0.05, 0.1) is 29.9 Å². The molecular weight excluding hydrogens is 280 g/mol. The fourth-order valence-electron chi connectivity index (χ4n) is 1.44. The number of aliphatic hydroxyl groups is 1. The molecule has 0 radical (unpaired) electrons. The SMILES string of the molecule is COC(=O)c1cc(Cl)c(C)c(S(=O)(=O)CCO)c1. The molecule has 18 heavy (non-hydrogen) atoms. The normalized spacial score (nSPS) is 11.3. The van der Waals surface area contributed by atoms with Crippen LogP contribution in [0.1, 0.15) is 15.9 Å². The van der Waals surface area contributed by atoms with E-state index in [0.717, 1.165) is 0 Å². The van der Waals surface area contributed by atoms with Crippen LogP contribution in [-0.4, -0.2) is 39.0 Å². The van der Waals surface area contributed by atoms with Gasteiger partial charge >= 0.3 is 5.97 Å². The van der Waals surface area contributed by atoms with Gasteiger partial charge < -0.3 is 9.84 Å². The number of aliphatic hydroxyl groups excluding tert-OH is 1. The number of ether oxygens (including phenoxy) is 1. The maximum Gasteiger partial charge on any atom is 0.337 e. The van der Waals surface area contributed by atoms with Gasteiger partial charge in [-0.1, -0.05) is 11.6 Å². The minimum atomic E-state index is -3.67. The van der Waals surface area contributed by atoms with E-state index in [1.165, 1.54) is 26.2 Å². The summed E-state index contributed by atoms with van der Waals surface area (Å²) in [6, 6.07) is 2.55. The Morgan fingerprint density at radius 2 is 2.06 bits per heavy atom. The van der Waals surface area contributed by atoms with Gasteiger partial charge in [0.2, 0.25) is 0 Å². The number of methoxy groups -OCH3 is 1. The van der Waals surface area contributed by atoms with Crippen molar-refractivity contribution in [2.75, 3.05) is 19.5 Å². The molecule has 0 amide bonds. The van der Waals surface area contributed by atoms with Crippen LogP contribution in [0, 0.1) is 6.92 Å².